The third-order valence-corrected chi connectivity index (χ3v) is 14.1. The van der Waals surface area contributed by atoms with Crippen molar-refractivity contribution in [3.8, 4) is 0 Å². The molecular weight excluding hydrogens is 685 g/mol. The summed E-state index contributed by atoms with van der Waals surface area (Å²) in [5.41, 5.74) is -3.19. The van der Waals surface area contributed by atoms with Gasteiger partial charge in [0, 0.05) is 34.8 Å². The third-order valence-electron chi connectivity index (χ3n) is 12.4. The number of ketones is 2. The molecule has 308 valence electrons. The van der Waals surface area contributed by atoms with Gasteiger partial charge in [0.2, 0.25) is 0 Å². The number of thioether (sulfide) groups is 1. The van der Waals surface area contributed by atoms with Crippen molar-refractivity contribution in [2.75, 3.05) is 11.5 Å². The van der Waals surface area contributed by atoms with Gasteiger partial charge in [0.05, 0.1) is 5.60 Å². The van der Waals surface area contributed by atoms with E-state index in [1.165, 1.54) is 45.1 Å². The van der Waals surface area contributed by atoms with E-state index >= 15 is 0 Å². The quantitative estimate of drug-likeness (QED) is 0.0507. The molecule has 0 aromatic carbocycles. The highest BCUT2D eigenvalue weighted by Crippen LogP contribution is 2.55. The third kappa shape index (κ3) is 14.3. The number of thiol groups is 1. The van der Waals surface area contributed by atoms with Gasteiger partial charge in [-0.05, 0) is 127 Å². The fraction of sp³-hybridized carbons (Fsp3) is 0.909. The molecule has 8 heteroatoms. The van der Waals surface area contributed by atoms with Crippen LogP contribution >= 0.6 is 24.4 Å². The zero-order chi connectivity index (χ0) is 40.4. The van der Waals surface area contributed by atoms with Crippen LogP contribution in [0.5, 0.6) is 0 Å². The molecule has 0 aromatic heterocycles. The van der Waals surface area contributed by atoms with Crippen LogP contribution in [0.25, 0.3) is 0 Å². The number of hydrogen-bond donors (Lipinski definition) is 5. The van der Waals surface area contributed by atoms with Gasteiger partial charge >= 0.3 is 0 Å². The second kappa shape index (κ2) is 23.6. The van der Waals surface area contributed by atoms with Gasteiger partial charge < -0.3 is 20.8 Å². The molecule has 0 aliphatic heterocycles. The van der Waals surface area contributed by atoms with Crippen molar-refractivity contribution in [3.05, 3.63) is 12.2 Å². The minimum atomic E-state index is -1.02. The molecule has 2 aliphatic carbocycles. The maximum Gasteiger partial charge on any atom is 0.152 e. The first-order chi connectivity index (χ1) is 24.0. The summed E-state index contributed by atoms with van der Waals surface area (Å²) >= 11 is 5.88. The number of carbonyl (C=O) groups excluding carboxylic acids is 2. The van der Waals surface area contributed by atoms with E-state index in [0.717, 1.165) is 69.3 Å². The van der Waals surface area contributed by atoms with Gasteiger partial charge in [-0.1, -0.05) is 93.9 Å². The Kier molecular flexibility index (Phi) is 23.5. The number of hydrogen-bond acceptors (Lipinski definition) is 8. The zero-order valence-electron chi connectivity index (χ0n) is 36.5. The Balaban J connectivity index is 0.000000884. The van der Waals surface area contributed by atoms with Crippen molar-refractivity contribution in [2.24, 2.45) is 10.8 Å². The van der Waals surface area contributed by atoms with E-state index in [-0.39, 0.29) is 33.2 Å². The molecule has 2 rings (SSSR count). The molecule has 52 heavy (non-hydrogen) atoms. The molecule has 0 aromatic rings. The first-order valence-corrected chi connectivity index (χ1v) is 22.6. The fourth-order valence-electron chi connectivity index (χ4n) is 8.65. The molecule has 0 heterocycles. The summed E-state index contributed by atoms with van der Waals surface area (Å²) in [7, 11) is 0. The van der Waals surface area contributed by atoms with Crippen LogP contribution in [0.3, 0.4) is 0 Å². The summed E-state index contributed by atoms with van der Waals surface area (Å²) in [6.07, 6.45) is 19.3. The second-order valence-electron chi connectivity index (χ2n) is 17.9. The number of Topliss-reactive ketones (excluding diaryl/α,β-unsaturated/α-hetero) is 1. The first kappa shape index (κ1) is 51.6. The second-order valence-corrected chi connectivity index (χ2v) is 19.7. The summed E-state index contributed by atoms with van der Waals surface area (Å²) in [5, 5.41) is 31.0. The predicted molar refractivity (Wildman–Crippen MR) is 232 cm³/mol. The monoisotopic (exact) mass is 771 g/mol. The summed E-state index contributed by atoms with van der Waals surface area (Å²) in [5.74, 6) is 2.22. The van der Waals surface area contributed by atoms with Crippen molar-refractivity contribution in [3.63, 3.8) is 0 Å². The van der Waals surface area contributed by atoms with E-state index in [1.807, 2.05) is 11.8 Å². The maximum absolute atomic E-state index is 12.3. The topological polar surface area (TPSA) is 98.7 Å². The van der Waals surface area contributed by atoms with Crippen LogP contribution in [-0.4, -0.2) is 72.9 Å². The number of carbonyl (C=O) groups is 2. The SMILES string of the molecule is CCC(C)NC1(C)CCCC(C)(C)C1(O)/C=C/C(C)=O.CCCCCS.CCCCCSC(CC(C)=O)C1(O)C(C)(C)CCCC1(C)NC(C)CC. The Morgan fingerprint density at radius 3 is 1.67 bits per heavy atom. The van der Waals surface area contributed by atoms with Crippen LogP contribution < -0.4 is 10.6 Å². The average molecular weight is 771 g/mol. The standard InChI is InChI=1S/C22H43NO2S.C17H31NO2.C5H12S/c1-8-10-11-15-26-19(16-18(4)24)22(25)20(5,6)13-12-14-21(22,7)23-17(3)9-2;1-7-13(2)18-16(6)11-8-10-15(4,5)17(16,20)12-9-14(3)19;1-2-3-4-5-6/h17,19,23,25H,8-16H2,1-7H3;9,12-13,18,20H,7-8,10-11H2,1-6H3;6H,2-5H2,1H3/b;12-9+;. The lowest BCUT2D eigenvalue weighted by Crippen LogP contribution is -2.74. The smallest absolute Gasteiger partial charge is 0.152 e. The molecule has 0 bridgehead atoms. The van der Waals surface area contributed by atoms with Crippen molar-refractivity contribution < 1.29 is 19.8 Å². The van der Waals surface area contributed by atoms with Gasteiger partial charge in [0.1, 0.15) is 11.4 Å². The van der Waals surface area contributed by atoms with Crippen molar-refractivity contribution in [1.29, 1.82) is 0 Å². The number of allylic oxidation sites excluding steroid dienone is 1. The van der Waals surface area contributed by atoms with Gasteiger partial charge in [-0.3, -0.25) is 9.59 Å². The molecule has 0 spiro atoms. The predicted octanol–water partition coefficient (Wildman–Crippen LogP) is 10.7. The summed E-state index contributed by atoms with van der Waals surface area (Å²) < 4.78 is 0. The normalized spacial score (nSPS) is 29.9. The number of aliphatic hydroxyl groups is 2. The van der Waals surface area contributed by atoms with Gasteiger partial charge in [0.25, 0.3) is 0 Å². The Morgan fingerprint density at radius 1 is 0.750 bits per heavy atom. The van der Waals surface area contributed by atoms with E-state index in [0.29, 0.717) is 18.5 Å². The highest BCUT2D eigenvalue weighted by atomic mass is 32.2. The molecule has 2 saturated carbocycles. The van der Waals surface area contributed by atoms with E-state index in [9.17, 15) is 19.8 Å². The van der Waals surface area contributed by atoms with Gasteiger partial charge in [-0.15, -0.1) is 0 Å². The van der Waals surface area contributed by atoms with Crippen LogP contribution in [0, 0.1) is 10.8 Å². The van der Waals surface area contributed by atoms with Crippen LogP contribution in [0.1, 0.15) is 193 Å². The molecule has 0 radical (unpaired) electrons. The Bertz CT molecular complexity index is 1060. The Morgan fingerprint density at radius 2 is 1.23 bits per heavy atom. The molecule has 4 N–H and O–H groups in total. The minimum absolute atomic E-state index is 0.0225. The lowest BCUT2D eigenvalue weighted by Gasteiger charge is -2.61. The molecule has 7 atom stereocenters. The van der Waals surface area contributed by atoms with Crippen LogP contribution in [0.15, 0.2) is 12.2 Å². The summed E-state index contributed by atoms with van der Waals surface area (Å²) in [6, 6.07) is 0.689. The highest BCUT2D eigenvalue weighted by Gasteiger charge is 2.62. The maximum atomic E-state index is 12.3. The summed E-state index contributed by atoms with van der Waals surface area (Å²) in [6.45, 7) is 29.1. The molecule has 6 nitrogen and oxygen atoms in total. The number of nitrogens with one attached hydrogen (secondary N) is 2. The summed E-state index contributed by atoms with van der Waals surface area (Å²) in [4.78, 5) is 23.4. The van der Waals surface area contributed by atoms with Gasteiger partial charge in [-0.2, -0.15) is 24.4 Å². The molecule has 0 amide bonds. The number of rotatable bonds is 19. The van der Waals surface area contributed by atoms with E-state index in [4.69, 9.17) is 0 Å². The Labute approximate surface area is 332 Å². The minimum Gasteiger partial charge on any atom is -0.386 e. The van der Waals surface area contributed by atoms with Crippen molar-refractivity contribution in [1.82, 2.24) is 10.6 Å². The highest BCUT2D eigenvalue weighted by molar-refractivity contribution is 8.00. The van der Waals surface area contributed by atoms with E-state index in [2.05, 4.69) is 106 Å². The largest absolute Gasteiger partial charge is 0.386 e. The van der Waals surface area contributed by atoms with Gasteiger partial charge in [0.15, 0.2) is 5.78 Å². The van der Waals surface area contributed by atoms with Crippen molar-refractivity contribution in [2.45, 2.75) is 233 Å². The fourth-order valence-corrected chi connectivity index (χ4v) is 10.7. The van der Waals surface area contributed by atoms with E-state index in [1.54, 1.807) is 13.0 Å². The van der Waals surface area contributed by atoms with Crippen LogP contribution in [0.2, 0.25) is 0 Å². The lowest BCUT2D eigenvalue weighted by atomic mass is 9.55. The van der Waals surface area contributed by atoms with Crippen LogP contribution in [-0.2, 0) is 9.59 Å². The number of unbranched alkanes of at least 4 members (excludes halogenated alkanes) is 4. The van der Waals surface area contributed by atoms with Crippen molar-refractivity contribution >= 4 is 36.0 Å². The average Bonchev–Trinajstić information content (AvgIpc) is 3.05. The van der Waals surface area contributed by atoms with E-state index < -0.39 is 16.7 Å². The molecule has 2 fully saturated rings. The lowest BCUT2D eigenvalue weighted by molar-refractivity contribution is -0.162. The zero-order valence-corrected chi connectivity index (χ0v) is 38.2. The van der Waals surface area contributed by atoms with Crippen LogP contribution in [0.4, 0.5) is 0 Å². The van der Waals surface area contributed by atoms with Gasteiger partial charge in [-0.25, -0.2) is 0 Å². The molecular formula is C44H86N2O4S2. The molecule has 7 unspecified atom stereocenters. The first-order valence-electron chi connectivity index (χ1n) is 20.9. The Hall–Kier alpha value is -0.380. The molecule has 2 aliphatic rings. The molecule has 0 saturated heterocycles.